The molecule has 0 fully saturated rings. The SMILES string of the molecule is CC/C=C\C/C=C\C/C=C\C/C=C\CCCCC(=O)O[C@H](COC(=O)CCCCCCC/C=C\CCCCCCCC)COC(=O)CCCCCCCCCCCCC. The Labute approximate surface area is 364 Å². The summed E-state index contributed by atoms with van der Waals surface area (Å²) in [5.74, 6) is -0.941. The second kappa shape index (κ2) is 47.8. The van der Waals surface area contributed by atoms with Crippen LogP contribution in [0.5, 0.6) is 0 Å². The van der Waals surface area contributed by atoms with E-state index in [0.717, 1.165) is 83.5 Å². The summed E-state index contributed by atoms with van der Waals surface area (Å²) in [4.78, 5) is 37.9. The molecule has 0 amide bonds. The fourth-order valence-electron chi connectivity index (χ4n) is 6.78. The molecule has 0 saturated carbocycles. The molecule has 0 radical (unpaired) electrons. The van der Waals surface area contributed by atoms with Crippen LogP contribution in [0.2, 0.25) is 0 Å². The smallest absolute Gasteiger partial charge is 0.306 e. The van der Waals surface area contributed by atoms with Gasteiger partial charge in [0, 0.05) is 19.3 Å². The Balaban J connectivity index is 4.45. The predicted molar refractivity (Wildman–Crippen MR) is 251 cm³/mol. The summed E-state index contributed by atoms with van der Waals surface area (Å²) in [7, 11) is 0. The summed E-state index contributed by atoms with van der Waals surface area (Å²) in [6.07, 6.45) is 57.7. The van der Waals surface area contributed by atoms with Gasteiger partial charge in [0.05, 0.1) is 0 Å². The first kappa shape index (κ1) is 56.1. The maximum atomic E-state index is 12.7. The van der Waals surface area contributed by atoms with Crippen LogP contribution < -0.4 is 0 Å². The van der Waals surface area contributed by atoms with Crippen molar-refractivity contribution in [3.63, 3.8) is 0 Å². The molecular formula is C53H92O6. The summed E-state index contributed by atoms with van der Waals surface area (Å²) in [5.41, 5.74) is 0. The maximum absolute atomic E-state index is 12.7. The number of esters is 3. The molecule has 0 aromatic heterocycles. The molecule has 0 saturated heterocycles. The Morgan fingerprint density at radius 3 is 1.08 bits per heavy atom. The van der Waals surface area contributed by atoms with Crippen LogP contribution in [-0.4, -0.2) is 37.2 Å². The van der Waals surface area contributed by atoms with Crippen molar-refractivity contribution in [2.75, 3.05) is 13.2 Å². The Morgan fingerprint density at radius 2 is 0.661 bits per heavy atom. The first-order valence-corrected chi connectivity index (χ1v) is 24.8. The van der Waals surface area contributed by atoms with Gasteiger partial charge < -0.3 is 14.2 Å². The van der Waals surface area contributed by atoms with Crippen molar-refractivity contribution in [3.05, 3.63) is 60.8 Å². The molecule has 0 aliphatic heterocycles. The number of rotatable bonds is 44. The van der Waals surface area contributed by atoms with E-state index in [1.807, 2.05) is 0 Å². The Bertz CT molecular complexity index is 1090. The van der Waals surface area contributed by atoms with Crippen molar-refractivity contribution in [3.8, 4) is 0 Å². The van der Waals surface area contributed by atoms with Crippen LogP contribution in [-0.2, 0) is 28.6 Å². The van der Waals surface area contributed by atoms with Gasteiger partial charge in [0.15, 0.2) is 6.10 Å². The van der Waals surface area contributed by atoms with E-state index in [1.165, 1.54) is 109 Å². The normalized spacial score (nSPS) is 12.5. The number of hydrogen-bond donors (Lipinski definition) is 0. The third kappa shape index (κ3) is 46.0. The van der Waals surface area contributed by atoms with Crippen molar-refractivity contribution in [2.45, 2.75) is 245 Å². The third-order valence-corrected chi connectivity index (χ3v) is 10.5. The zero-order chi connectivity index (χ0) is 43.0. The maximum Gasteiger partial charge on any atom is 0.306 e. The first-order chi connectivity index (χ1) is 29.0. The molecule has 0 unspecified atom stereocenters. The largest absolute Gasteiger partial charge is 0.462 e. The van der Waals surface area contributed by atoms with E-state index >= 15 is 0 Å². The molecule has 6 nitrogen and oxygen atoms in total. The lowest BCUT2D eigenvalue weighted by Crippen LogP contribution is -2.30. The van der Waals surface area contributed by atoms with Gasteiger partial charge in [-0.2, -0.15) is 0 Å². The molecule has 0 spiro atoms. The molecule has 59 heavy (non-hydrogen) atoms. The lowest BCUT2D eigenvalue weighted by Gasteiger charge is -2.18. The van der Waals surface area contributed by atoms with Crippen LogP contribution in [0.1, 0.15) is 239 Å². The average Bonchev–Trinajstić information content (AvgIpc) is 3.23. The van der Waals surface area contributed by atoms with Gasteiger partial charge in [-0.3, -0.25) is 14.4 Å². The van der Waals surface area contributed by atoms with Crippen LogP contribution >= 0.6 is 0 Å². The van der Waals surface area contributed by atoms with E-state index < -0.39 is 6.10 Å². The molecule has 0 aromatic rings. The van der Waals surface area contributed by atoms with Gasteiger partial charge in [0.1, 0.15) is 13.2 Å². The Morgan fingerprint density at radius 1 is 0.356 bits per heavy atom. The van der Waals surface area contributed by atoms with E-state index in [2.05, 4.69) is 81.5 Å². The number of carbonyl (C=O) groups is 3. The summed E-state index contributed by atoms with van der Waals surface area (Å²) in [6.45, 7) is 6.47. The minimum absolute atomic E-state index is 0.0920. The molecule has 0 bridgehead atoms. The van der Waals surface area contributed by atoms with E-state index in [0.29, 0.717) is 19.3 Å². The first-order valence-electron chi connectivity index (χ1n) is 24.8. The molecule has 1 atom stereocenters. The van der Waals surface area contributed by atoms with Crippen LogP contribution in [0.15, 0.2) is 60.8 Å². The van der Waals surface area contributed by atoms with Crippen molar-refractivity contribution >= 4 is 17.9 Å². The zero-order valence-corrected chi connectivity index (χ0v) is 38.8. The van der Waals surface area contributed by atoms with Crippen LogP contribution in [0.25, 0.3) is 0 Å². The highest BCUT2D eigenvalue weighted by atomic mass is 16.6. The van der Waals surface area contributed by atoms with E-state index in [9.17, 15) is 14.4 Å². The predicted octanol–water partition coefficient (Wildman–Crippen LogP) is 16.1. The lowest BCUT2D eigenvalue weighted by molar-refractivity contribution is -0.167. The molecule has 0 aromatic carbocycles. The quantitative estimate of drug-likeness (QED) is 0.0263. The van der Waals surface area contributed by atoms with Crippen LogP contribution in [0.4, 0.5) is 0 Å². The molecule has 0 rings (SSSR count). The number of allylic oxidation sites excluding steroid dienone is 10. The molecule has 6 heteroatoms. The Hall–Kier alpha value is -2.89. The molecule has 340 valence electrons. The number of ether oxygens (including phenoxy) is 3. The fourth-order valence-corrected chi connectivity index (χ4v) is 6.78. The minimum Gasteiger partial charge on any atom is -0.462 e. The van der Waals surface area contributed by atoms with E-state index in [1.54, 1.807) is 0 Å². The van der Waals surface area contributed by atoms with Crippen molar-refractivity contribution in [2.24, 2.45) is 0 Å². The molecule has 0 aliphatic rings. The number of carbonyl (C=O) groups excluding carboxylic acids is 3. The Kier molecular flexibility index (Phi) is 45.4. The zero-order valence-electron chi connectivity index (χ0n) is 38.8. The minimum atomic E-state index is -0.795. The van der Waals surface area contributed by atoms with E-state index in [-0.39, 0.29) is 37.5 Å². The molecule has 0 heterocycles. The summed E-state index contributed by atoms with van der Waals surface area (Å²) in [6, 6.07) is 0. The summed E-state index contributed by atoms with van der Waals surface area (Å²) >= 11 is 0. The summed E-state index contributed by atoms with van der Waals surface area (Å²) < 4.78 is 16.7. The monoisotopic (exact) mass is 825 g/mol. The second-order valence-corrected chi connectivity index (χ2v) is 16.3. The van der Waals surface area contributed by atoms with Gasteiger partial charge in [0.2, 0.25) is 0 Å². The van der Waals surface area contributed by atoms with Gasteiger partial charge in [-0.1, -0.05) is 197 Å². The third-order valence-electron chi connectivity index (χ3n) is 10.5. The van der Waals surface area contributed by atoms with Crippen LogP contribution in [0, 0.1) is 0 Å². The lowest BCUT2D eigenvalue weighted by atomic mass is 10.1. The standard InChI is InChI=1S/C53H92O6/c1-4-7-10-13-16-19-22-24-26-28-31-34-37-40-43-46-52(55)58-49-50(48-57-51(54)45-42-39-36-33-30-21-18-15-12-9-6-3)59-53(56)47-44-41-38-35-32-29-27-25-23-20-17-14-11-8-5-2/h8,11,17,20,24-27,32,35,50H,4-7,9-10,12-16,18-19,21-23,28-31,33-34,36-49H2,1-3H3/b11-8-,20-17-,26-24-,27-25-,35-32-/t50-/m0/s1. The van der Waals surface area contributed by atoms with Gasteiger partial charge in [-0.05, 0) is 83.5 Å². The van der Waals surface area contributed by atoms with Crippen molar-refractivity contribution in [1.29, 1.82) is 0 Å². The average molecular weight is 825 g/mol. The summed E-state index contributed by atoms with van der Waals surface area (Å²) in [5, 5.41) is 0. The fraction of sp³-hybridized carbons (Fsp3) is 0.755. The molecular weight excluding hydrogens is 733 g/mol. The highest BCUT2D eigenvalue weighted by Gasteiger charge is 2.19. The molecule has 0 aliphatic carbocycles. The highest BCUT2D eigenvalue weighted by molar-refractivity contribution is 5.71. The van der Waals surface area contributed by atoms with Gasteiger partial charge in [-0.15, -0.1) is 0 Å². The van der Waals surface area contributed by atoms with Gasteiger partial charge in [0.25, 0.3) is 0 Å². The molecule has 0 N–H and O–H groups in total. The van der Waals surface area contributed by atoms with Gasteiger partial charge in [-0.25, -0.2) is 0 Å². The van der Waals surface area contributed by atoms with Crippen LogP contribution in [0.3, 0.4) is 0 Å². The van der Waals surface area contributed by atoms with Crippen molar-refractivity contribution < 1.29 is 28.6 Å². The highest BCUT2D eigenvalue weighted by Crippen LogP contribution is 2.14. The topological polar surface area (TPSA) is 78.9 Å². The number of hydrogen-bond acceptors (Lipinski definition) is 6. The van der Waals surface area contributed by atoms with Gasteiger partial charge >= 0.3 is 17.9 Å². The van der Waals surface area contributed by atoms with Crippen molar-refractivity contribution in [1.82, 2.24) is 0 Å². The second-order valence-electron chi connectivity index (χ2n) is 16.3. The number of unbranched alkanes of at least 4 members (excludes halogenated alkanes) is 23. The van der Waals surface area contributed by atoms with E-state index in [4.69, 9.17) is 14.2 Å².